The standard InChI is InChI=1S/C16H17BrFN/c1-2-4-11-5-3-6-12(9-11)16(19)13-7-8-15(18)14(17)10-13/h3,5-10,16H,2,4,19H2,1H3. The number of aryl methyl sites for hydroxylation is 1. The first kappa shape index (κ1) is 14.2. The van der Waals surface area contributed by atoms with Crippen LogP contribution in [-0.2, 0) is 6.42 Å². The van der Waals surface area contributed by atoms with Crippen molar-refractivity contribution in [1.29, 1.82) is 0 Å². The maximum Gasteiger partial charge on any atom is 0.137 e. The molecule has 0 fully saturated rings. The van der Waals surface area contributed by atoms with Crippen LogP contribution in [0.4, 0.5) is 4.39 Å². The van der Waals surface area contributed by atoms with Crippen molar-refractivity contribution in [1.82, 2.24) is 0 Å². The fraction of sp³-hybridized carbons (Fsp3) is 0.250. The minimum absolute atomic E-state index is 0.228. The second-order valence-corrected chi connectivity index (χ2v) is 5.50. The second-order valence-electron chi connectivity index (χ2n) is 4.65. The van der Waals surface area contributed by atoms with Gasteiger partial charge in [0.25, 0.3) is 0 Å². The van der Waals surface area contributed by atoms with E-state index >= 15 is 0 Å². The lowest BCUT2D eigenvalue weighted by molar-refractivity contribution is 0.619. The van der Waals surface area contributed by atoms with Gasteiger partial charge in [-0.2, -0.15) is 0 Å². The lowest BCUT2D eigenvalue weighted by Gasteiger charge is -2.14. The molecule has 0 aliphatic heterocycles. The van der Waals surface area contributed by atoms with Crippen LogP contribution in [0.3, 0.4) is 0 Å². The number of nitrogens with two attached hydrogens (primary N) is 1. The first-order chi connectivity index (χ1) is 9.11. The lowest BCUT2D eigenvalue weighted by atomic mass is 9.97. The quantitative estimate of drug-likeness (QED) is 0.875. The molecular formula is C16H17BrFN. The van der Waals surface area contributed by atoms with E-state index in [1.807, 2.05) is 12.1 Å². The average Bonchev–Trinajstić information content (AvgIpc) is 2.42. The molecule has 0 bridgehead atoms. The molecule has 1 unspecified atom stereocenters. The molecule has 0 radical (unpaired) electrons. The van der Waals surface area contributed by atoms with Gasteiger partial charge in [-0.1, -0.05) is 43.7 Å². The number of halogens is 2. The normalized spacial score (nSPS) is 12.4. The highest BCUT2D eigenvalue weighted by molar-refractivity contribution is 9.10. The predicted octanol–water partition coefficient (Wildman–Crippen LogP) is 4.59. The molecule has 0 saturated heterocycles. The van der Waals surface area contributed by atoms with E-state index in [0.717, 1.165) is 24.0 Å². The van der Waals surface area contributed by atoms with Gasteiger partial charge in [0.1, 0.15) is 5.82 Å². The van der Waals surface area contributed by atoms with Gasteiger partial charge in [-0.05, 0) is 51.2 Å². The summed E-state index contributed by atoms with van der Waals surface area (Å²) in [5, 5.41) is 0. The van der Waals surface area contributed by atoms with Crippen molar-refractivity contribution < 1.29 is 4.39 Å². The molecule has 0 aliphatic carbocycles. The van der Waals surface area contributed by atoms with E-state index in [0.29, 0.717) is 4.47 Å². The van der Waals surface area contributed by atoms with Crippen LogP contribution < -0.4 is 5.73 Å². The Bertz CT molecular complexity index is 568. The topological polar surface area (TPSA) is 26.0 Å². The summed E-state index contributed by atoms with van der Waals surface area (Å²) in [6, 6.07) is 13.0. The zero-order chi connectivity index (χ0) is 13.8. The minimum Gasteiger partial charge on any atom is -0.320 e. The van der Waals surface area contributed by atoms with Gasteiger partial charge in [-0.15, -0.1) is 0 Å². The maximum absolute atomic E-state index is 13.2. The zero-order valence-electron chi connectivity index (χ0n) is 10.9. The maximum atomic E-state index is 13.2. The molecule has 0 heterocycles. The molecule has 2 rings (SSSR count). The first-order valence-electron chi connectivity index (χ1n) is 6.41. The van der Waals surface area contributed by atoms with Crippen molar-refractivity contribution >= 4 is 15.9 Å². The van der Waals surface area contributed by atoms with E-state index in [1.165, 1.54) is 11.6 Å². The van der Waals surface area contributed by atoms with Crippen LogP contribution in [0.15, 0.2) is 46.9 Å². The lowest BCUT2D eigenvalue weighted by Crippen LogP contribution is -2.12. The summed E-state index contributed by atoms with van der Waals surface area (Å²) < 4.78 is 13.7. The molecule has 100 valence electrons. The zero-order valence-corrected chi connectivity index (χ0v) is 12.5. The van der Waals surface area contributed by atoms with Crippen LogP contribution in [0.25, 0.3) is 0 Å². The molecule has 2 N–H and O–H groups in total. The Morgan fingerprint density at radius 3 is 2.58 bits per heavy atom. The largest absolute Gasteiger partial charge is 0.320 e. The number of hydrogen-bond acceptors (Lipinski definition) is 1. The number of benzene rings is 2. The van der Waals surface area contributed by atoms with Gasteiger partial charge in [0.15, 0.2) is 0 Å². The average molecular weight is 322 g/mol. The van der Waals surface area contributed by atoms with E-state index in [-0.39, 0.29) is 11.9 Å². The van der Waals surface area contributed by atoms with Crippen molar-refractivity contribution in [3.8, 4) is 0 Å². The highest BCUT2D eigenvalue weighted by Crippen LogP contribution is 2.25. The summed E-state index contributed by atoms with van der Waals surface area (Å²) in [4.78, 5) is 0. The third-order valence-electron chi connectivity index (χ3n) is 3.15. The van der Waals surface area contributed by atoms with Crippen LogP contribution in [0.5, 0.6) is 0 Å². The fourth-order valence-corrected chi connectivity index (χ4v) is 2.53. The highest BCUT2D eigenvalue weighted by atomic mass is 79.9. The Labute approximate surface area is 121 Å². The van der Waals surface area contributed by atoms with E-state index < -0.39 is 0 Å². The third kappa shape index (κ3) is 3.43. The van der Waals surface area contributed by atoms with Gasteiger partial charge in [0.2, 0.25) is 0 Å². The molecule has 2 aromatic rings. The van der Waals surface area contributed by atoms with E-state index in [9.17, 15) is 4.39 Å². The van der Waals surface area contributed by atoms with E-state index in [4.69, 9.17) is 5.73 Å². The van der Waals surface area contributed by atoms with Crippen molar-refractivity contribution in [3.05, 3.63) is 69.4 Å². The van der Waals surface area contributed by atoms with Crippen molar-refractivity contribution in [2.45, 2.75) is 25.8 Å². The van der Waals surface area contributed by atoms with Crippen LogP contribution in [-0.4, -0.2) is 0 Å². The fourth-order valence-electron chi connectivity index (χ4n) is 2.13. The second kappa shape index (κ2) is 6.31. The Hall–Kier alpha value is -1.19. The molecule has 0 saturated carbocycles. The van der Waals surface area contributed by atoms with Crippen LogP contribution in [0, 0.1) is 5.82 Å². The monoisotopic (exact) mass is 321 g/mol. The summed E-state index contributed by atoms with van der Waals surface area (Å²) in [6.07, 6.45) is 2.16. The summed E-state index contributed by atoms with van der Waals surface area (Å²) in [6.45, 7) is 2.16. The summed E-state index contributed by atoms with van der Waals surface area (Å²) >= 11 is 3.20. The van der Waals surface area contributed by atoms with Crippen LogP contribution in [0.2, 0.25) is 0 Å². The predicted molar refractivity (Wildman–Crippen MR) is 80.6 cm³/mol. The van der Waals surface area contributed by atoms with Gasteiger partial charge >= 0.3 is 0 Å². The highest BCUT2D eigenvalue weighted by Gasteiger charge is 2.11. The van der Waals surface area contributed by atoms with Gasteiger partial charge in [0.05, 0.1) is 10.5 Å². The van der Waals surface area contributed by atoms with Crippen molar-refractivity contribution in [2.75, 3.05) is 0 Å². The van der Waals surface area contributed by atoms with E-state index in [2.05, 4.69) is 35.0 Å². The molecule has 2 aromatic carbocycles. The first-order valence-corrected chi connectivity index (χ1v) is 7.20. The Balaban J connectivity index is 2.29. The summed E-state index contributed by atoms with van der Waals surface area (Å²) in [5.74, 6) is -0.268. The third-order valence-corrected chi connectivity index (χ3v) is 3.76. The van der Waals surface area contributed by atoms with Gasteiger partial charge in [-0.3, -0.25) is 0 Å². The molecule has 0 aromatic heterocycles. The number of hydrogen-bond donors (Lipinski definition) is 1. The molecule has 1 nitrogen and oxygen atoms in total. The van der Waals surface area contributed by atoms with Gasteiger partial charge < -0.3 is 5.73 Å². The van der Waals surface area contributed by atoms with Crippen molar-refractivity contribution in [2.24, 2.45) is 5.73 Å². The molecular weight excluding hydrogens is 305 g/mol. The van der Waals surface area contributed by atoms with Gasteiger partial charge in [0, 0.05) is 0 Å². The Morgan fingerprint density at radius 1 is 1.16 bits per heavy atom. The summed E-state index contributed by atoms with van der Waals surface area (Å²) in [5.41, 5.74) is 9.51. The SMILES string of the molecule is CCCc1cccc(C(N)c2ccc(F)c(Br)c2)c1. The summed E-state index contributed by atoms with van der Waals surface area (Å²) in [7, 11) is 0. The molecule has 1 atom stereocenters. The Morgan fingerprint density at radius 2 is 1.89 bits per heavy atom. The minimum atomic E-state index is -0.268. The molecule has 0 aliphatic rings. The van der Waals surface area contributed by atoms with Crippen molar-refractivity contribution in [3.63, 3.8) is 0 Å². The molecule has 0 spiro atoms. The Kier molecular flexibility index (Phi) is 4.72. The molecule has 3 heteroatoms. The van der Waals surface area contributed by atoms with Crippen LogP contribution >= 0.6 is 15.9 Å². The molecule has 0 amide bonds. The van der Waals surface area contributed by atoms with Crippen LogP contribution in [0.1, 0.15) is 36.1 Å². The van der Waals surface area contributed by atoms with Gasteiger partial charge in [-0.25, -0.2) is 4.39 Å². The number of rotatable bonds is 4. The van der Waals surface area contributed by atoms with E-state index in [1.54, 1.807) is 12.1 Å². The smallest absolute Gasteiger partial charge is 0.137 e. The molecule has 19 heavy (non-hydrogen) atoms.